The van der Waals surface area contributed by atoms with Gasteiger partial charge >= 0.3 is 0 Å². The molecule has 138 valence electrons. The lowest BCUT2D eigenvalue weighted by atomic mass is 10.1. The van der Waals surface area contributed by atoms with Crippen LogP contribution in [0.1, 0.15) is 41.9 Å². The molecule has 1 heterocycles. The van der Waals surface area contributed by atoms with E-state index in [9.17, 15) is 5.11 Å². The summed E-state index contributed by atoms with van der Waals surface area (Å²) in [6.45, 7) is 8.20. The minimum atomic E-state index is -0.552. The number of aliphatic hydroxyl groups is 1. The molecular formula is C19H28IN3OS. The fourth-order valence-electron chi connectivity index (χ4n) is 2.33. The Morgan fingerprint density at radius 1 is 1.20 bits per heavy atom. The zero-order valence-corrected chi connectivity index (χ0v) is 18.2. The van der Waals surface area contributed by atoms with E-state index in [4.69, 9.17) is 0 Å². The van der Waals surface area contributed by atoms with Gasteiger partial charge < -0.3 is 15.7 Å². The number of aryl methyl sites for hydroxylation is 1. The molecule has 4 nitrogen and oxygen atoms in total. The summed E-state index contributed by atoms with van der Waals surface area (Å²) in [5.41, 5.74) is 2.10. The number of aliphatic imine (C=N–C) groups is 1. The smallest absolute Gasteiger partial charge is 0.191 e. The molecule has 25 heavy (non-hydrogen) atoms. The molecule has 0 bridgehead atoms. The van der Waals surface area contributed by atoms with Crippen LogP contribution in [0.5, 0.6) is 0 Å². The number of nitrogens with zero attached hydrogens (tertiary/aromatic N) is 1. The van der Waals surface area contributed by atoms with E-state index in [0.29, 0.717) is 12.5 Å². The van der Waals surface area contributed by atoms with Crippen molar-refractivity contribution in [1.82, 2.24) is 10.6 Å². The normalized spacial score (nSPS) is 13.7. The Bertz CT molecular complexity index is 629. The predicted molar refractivity (Wildman–Crippen MR) is 118 cm³/mol. The van der Waals surface area contributed by atoms with Crippen LogP contribution in [0.4, 0.5) is 0 Å². The second-order valence-corrected chi connectivity index (χ2v) is 6.92. The monoisotopic (exact) mass is 473 g/mol. The summed E-state index contributed by atoms with van der Waals surface area (Å²) in [7, 11) is 0. The van der Waals surface area contributed by atoms with Gasteiger partial charge in [0.25, 0.3) is 0 Å². The first-order chi connectivity index (χ1) is 11.6. The van der Waals surface area contributed by atoms with Crippen molar-refractivity contribution in [3.63, 3.8) is 0 Å². The molecule has 2 unspecified atom stereocenters. The maximum atomic E-state index is 10.3. The number of halogens is 1. The summed E-state index contributed by atoms with van der Waals surface area (Å²) in [6.07, 6.45) is -0.552. The molecule has 0 spiro atoms. The predicted octanol–water partition coefficient (Wildman–Crippen LogP) is 4.07. The fraction of sp³-hybridized carbons (Fsp3) is 0.421. The average Bonchev–Trinajstić information content (AvgIpc) is 3.12. The minimum Gasteiger partial charge on any atom is -0.387 e. The van der Waals surface area contributed by atoms with E-state index < -0.39 is 6.10 Å². The first-order valence-corrected chi connectivity index (χ1v) is 9.28. The highest BCUT2D eigenvalue weighted by Gasteiger charge is 2.09. The number of benzene rings is 1. The third-order valence-corrected chi connectivity index (χ3v) is 4.93. The molecule has 2 aromatic rings. The summed E-state index contributed by atoms with van der Waals surface area (Å²) >= 11 is 1.76. The van der Waals surface area contributed by atoms with Crippen LogP contribution in [0, 0.1) is 6.92 Å². The van der Waals surface area contributed by atoms with Crippen LogP contribution in [-0.4, -0.2) is 30.7 Å². The number of thiophene rings is 1. The quantitative estimate of drug-likeness (QED) is 0.323. The van der Waals surface area contributed by atoms with E-state index in [0.717, 1.165) is 24.6 Å². The molecule has 0 aliphatic carbocycles. The number of rotatable bonds is 7. The van der Waals surface area contributed by atoms with Crippen molar-refractivity contribution in [1.29, 1.82) is 0 Å². The third-order valence-electron chi connectivity index (χ3n) is 3.82. The van der Waals surface area contributed by atoms with E-state index >= 15 is 0 Å². The molecule has 2 rings (SSSR count). The first kappa shape index (κ1) is 21.9. The molecule has 0 amide bonds. The molecular weight excluding hydrogens is 445 g/mol. The second kappa shape index (κ2) is 11.5. The molecule has 6 heteroatoms. The van der Waals surface area contributed by atoms with Crippen LogP contribution < -0.4 is 10.6 Å². The lowest BCUT2D eigenvalue weighted by Crippen LogP contribution is -2.39. The van der Waals surface area contributed by atoms with E-state index in [2.05, 4.69) is 40.1 Å². The Morgan fingerprint density at radius 2 is 1.92 bits per heavy atom. The minimum absolute atomic E-state index is 0. The number of aliphatic hydroxyl groups excluding tert-OH is 1. The van der Waals surface area contributed by atoms with Gasteiger partial charge in [0.15, 0.2) is 5.96 Å². The van der Waals surface area contributed by atoms with Crippen molar-refractivity contribution in [3.05, 3.63) is 57.8 Å². The lowest BCUT2D eigenvalue weighted by Gasteiger charge is -2.16. The summed E-state index contributed by atoms with van der Waals surface area (Å²) in [5, 5.41) is 18.9. The SMILES string of the molecule is CCNC(=NCC(C)c1cccs1)NCC(O)c1ccc(C)cc1.I. The van der Waals surface area contributed by atoms with Crippen molar-refractivity contribution in [3.8, 4) is 0 Å². The first-order valence-electron chi connectivity index (χ1n) is 8.40. The highest BCUT2D eigenvalue weighted by atomic mass is 127. The summed E-state index contributed by atoms with van der Waals surface area (Å²) in [6, 6.07) is 12.2. The van der Waals surface area contributed by atoms with Gasteiger partial charge in [0, 0.05) is 23.9 Å². The molecule has 0 saturated carbocycles. The van der Waals surface area contributed by atoms with Crippen molar-refractivity contribution in [2.45, 2.75) is 32.8 Å². The number of guanidine groups is 1. The van der Waals surface area contributed by atoms with Crippen LogP contribution in [0.3, 0.4) is 0 Å². The zero-order valence-electron chi connectivity index (χ0n) is 15.0. The highest BCUT2D eigenvalue weighted by Crippen LogP contribution is 2.20. The third kappa shape index (κ3) is 7.33. The van der Waals surface area contributed by atoms with Crippen LogP contribution >= 0.6 is 35.3 Å². The summed E-state index contributed by atoms with van der Waals surface area (Å²) < 4.78 is 0. The molecule has 0 radical (unpaired) electrons. The van der Waals surface area contributed by atoms with Crippen LogP contribution in [0.15, 0.2) is 46.8 Å². The van der Waals surface area contributed by atoms with Crippen molar-refractivity contribution < 1.29 is 5.11 Å². The fourth-order valence-corrected chi connectivity index (χ4v) is 3.11. The number of hydrogen-bond acceptors (Lipinski definition) is 3. The van der Waals surface area contributed by atoms with Gasteiger partial charge in [0.1, 0.15) is 0 Å². The van der Waals surface area contributed by atoms with E-state index in [1.807, 2.05) is 38.1 Å². The van der Waals surface area contributed by atoms with Gasteiger partial charge in [0.2, 0.25) is 0 Å². The summed E-state index contributed by atoms with van der Waals surface area (Å²) in [5.74, 6) is 1.13. The Morgan fingerprint density at radius 3 is 2.52 bits per heavy atom. The number of hydrogen-bond donors (Lipinski definition) is 3. The van der Waals surface area contributed by atoms with Crippen molar-refractivity contribution in [2.75, 3.05) is 19.6 Å². The second-order valence-electron chi connectivity index (χ2n) is 5.94. The van der Waals surface area contributed by atoms with Crippen molar-refractivity contribution in [2.24, 2.45) is 4.99 Å². The molecule has 2 atom stereocenters. The van der Waals surface area contributed by atoms with Crippen molar-refractivity contribution >= 4 is 41.3 Å². The Balaban J connectivity index is 0.00000312. The molecule has 3 N–H and O–H groups in total. The standard InChI is InChI=1S/C19H27N3OS.HI/c1-4-20-19(21-12-15(3)18-6-5-11-24-18)22-13-17(23)16-9-7-14(2)8-10-16;/h5-11,15,17,23H,4,12-13H2,1-3H3,(H2,20,21,22);1H. The zero-order chi connectivity index (χ0) is 17.4. The van der Waals surface area contributed by atoms with Crippen LogP contribution in [0.25, 0.3) is 0 Å². The van der Waals surface area contributed by atoms with E-state index in [1.54, 1.807) is 11.3 Å². The van der Waals surface area contributed by atoms with Gasteiger partial charge in [-0.25, -0.2) is 0 Å². The molecule has 0 saturated heterocycles. The van der Waals surface area contributed by atoms with Gasteiger partial charge in [-0.15, -0.1) is 35.3 Å². The Hall–Kier alpha value is -1.12. The largest absolute Gasteiger partial charge is 0.387 e. The molecule has 1 aromatic heterocycles. The Kier molecular flexibility index (Phi) is 10.1. The van der Waals surface area contributed by atoms with Gasteiger partial charge in [-0.3, -0.25) is 4.99 Å². The Labute approximate surface area is 171 Å². The van der Waals surface area contributed by atoms with Crippen LogP contribution in [-0.2, 0) is 0 Å². The average molecular weight is 473 g/mol. The maximum Gasteiger partial charge on any atom is 0.191 e. The van der Waals surface area contributed by atoms with Gasteiger partial charge in [0.05, 0.1) is 12.6 Å². The molecule has 1 aromatic carbocycles. The topological polar surface area (TPSA) is 56.7 Å². The number of nitrogens with one attached hydrogen (secondary N) is 2. The molecule has 0 aliphatic rings. The molecule has 0 fully saturated rings. The molecule has 0 aliphatic heterocycles. The van der Waals surface area contributed by atoms with E-state index in [-0.39, 0.29) is 24.0 Å². The lowest BCUT2D eigenvalue weighted by molar-refractivity contribution is 0.181. The van der Waals surface area contributed by atoms with Gasteiger partial charge in [-0.2, -0.15) is 0 Å². The van der Waals surface area contributed by atoms with Crippen LogP contribution in [0.2, 0.25) is 0 Å². The van der Waals surface area contributed by atoms with E-state index in [1.165, 1.54) is 10.4 Å². The van der Waals surface area contributed by atoms with Gasteiger partial charge in [-0.05, 0) is 30.9 Å². The summed E-state index contributed by atoms with van der Waals surface area (Å²) in [4.78, 5) is 5.98. The van der Waals surface area contributed by atoms with Gasteiger partial charge in [-0.1, -0.05) is 42.8 Å². The maximum absolute atomic E-state index is 10.3. The highest BCUT2D eigenvalue weighted by molar-refractivity contribution is 14.0.